The summed E-state index contributed by atoms with van der Waals surface area (Å²) in [6, 6.07) is 0. The Morgan fingerprint density at radius 3 is 1.92 bits per heavy atom. The second-order valence-corrected chi connectivity index (χ2v) is 3.40. The summed E-state index contributed by atoms with van der Waals surface area (Å²) in [6.45, 7) is 2.51. The molecule has 0 atom stereocenters. The normalized spacial score (nSPS) is 9.38. The molecule has 1 N–H and O–H groups in total. The van der Waals surface area contributed by atoms with E-state index >= 15 is 0 Å². The molecular weight excluding hydrogens is 158 g/mol. The Morgan fingerprint density at radius 1 is 0.846 bits per heavy atom. The van der Waals surface area contributed by atoms with E-state index in [1.165, 1.54) is 38.5 Å². The van der Waals surface area contributed by atoms with E-state index in [1.54, 1.807) is 0 Å². The van der Waals surface area contributed by atoms with Crippen LogP contribution < -0.4 is 5.73 Å². The second kappa shape index (κ2) is 11.5. The van der Waals surface area contributed by atoms with Gasteiger partial charge in [-0.2, -0.15) is 0 Å². The third kappa shape index (κ3) is 11.5. The summed E-state index contributed by atoms with van der Waals surface area (Å²) in [6.07, 6.45) is 10.0. The number of nitrogens with one attached hydrogen (secondary N) is 1. The lowest BCUT2D eigenvalue weighted by atomic mass is 10.1. The van der Waals surface area contributed by atoms with Crippen molar-refractivity contribution in [3.8, 4) is 11.8 Å². The summed E-state index contributed by atoms with van der Waals surface area (Å²) in [5, 5.41) is 0. The molecule has 1 radical (unpaired) electrons. The number of hydrogen-bond donors (Lipinski definition) is 0. The lowest BCUT2D eigenvalue weighted by Crippen LogP contribution is -1.85. The highest BCUT2D eigenvalue weighted by Gasteiger charge is 1.89. The van der Waals surface area contributed by atoms with Crippen LogP contribution in [-0.2, 0) is 0 Å². The quantitative estimate of drug-likeness (QED) is 0.404. The van der Waals surface area contributed by atoms with Gasteiger partial charge < -0.3 is 0 Å². The molecule has 0 aromatic carbocycles. The largest absolute Gasteiger partial charge is 0.258 e. The van der Waals surface area contributed by atoms with Gasteiger partial charge in [0.15, 0.2) is 0 Å². The summed E-state index contributed by atoms with van der Waals surface area (Å²) in [4.78, 5) is 0. The van der Waals surface area contributed by atoms with Crippen LogP contribution in [0, 0.1) is 11.8 Å². The summed E-state index contributed by atoms with van der Waals surface area (Å²) < 4.78 is 0. The number of hydrogen-bond acceptors (Lipinski definition) is 0. The van der Waals surface area contributed by atoms with Crippen molar-refractivity contribution >= 4 is 0 Å². The zero-order valence-electron chi connectivity index (χ0n) is 8.86. The maximum absolute atomic E-state index is 6.98. The van der Waals surface area contributed by atoms with Crippen LogP contribution in [0.3, 0.4) is 0 Å². The standard InChI is InChI=1S/C12H22N/c1-2-3-4-5-6-7-8-9-10-11-12-13/h13H,4-12H2,1H3. The summed E-state index contributed by atoms with van der Waals surface area (Å²) >= 11 is 0. The zero-order chi connectivity index (χ0) is 9.78. The van der Waals surface area contributed by atoms with Crippen LogP contribution in [0.5, 0.6) is 0 Å². The van der Waals surface area contributed by atoms with Crippen molar-refractivity contribution < 1.29 is 0 Å². The first kappa shape index (κ1) is 12.5. The minimum Gasteiger partial charge on any atom is -0.258 e. The van der Waals surface area contributed by atoms with Gasteiger partial charge in [-0.05, 0) is 19.8 Å². The van der Waals surface area contributed by atoms with Crippen molar-refractivity contribution in [2.24, 2.45) is 0 Å². The van der Waals surface area contributed by atoms with Crippen LogP contribution in [0.2, 0.25) is 0 Å². The first-order chi connectivity index (χ1) is 6.41. The minimum absolute atomic E-state index is 0.603. The molecule has 0 aliphatic rings. The van der Waals surface area contributed by atoms with Gasteiger partial charge in [-0.3, -0.25) is 5.73 Å². The van der Waals surface area contributed by atoms with E-state index in [9.17, 15) is 0 Å². The molecule has 0 bridgehead atoms. The molecule has 1 nitrogen and oxygen atoms in total. The molecule has 0 heterocycles. The Morgan fingerprint density at radius 2 is 1.38 bits per heavy atom. The molecule has 0 spiro atoms. The third-order valence-corrected chi connectivity index (χ3v) is 2.16. The van der Waals surface area contributed by atoms with Crippen molar-refractivity contribution in [3.05, 3.63) is 0 Å². The maximum atomic E-state index is 6.98. The Bertz CT molecular complexity index is 141. The molecule has 0 aromatic rings. The van der Waals surface area contributed by atoms with Crippen LogP contribution in [0.15, 0.2) is 0 Å². The molecule has 0 rings (SSSR count). The monoisotopic (exact) mass is 180 g/mol. The molecule has 0 amide bonds. The van der Waals surface area contributed by atoms with Crippen molar-refractivity contribution in [2.75, 3.05) is 6.54 Å². The molecule has 0 aromatic heterocycles. The van der Waals surface area contributed by atoms with Crippen molar-refractivity contribution in [1.82, 2.24) is 5.73 Å². The maximum Gasteiger partial charge on any atom is 0.00997 e. The van der Waals surface area contributed by atoms with Crippen LogP contribution in [0.4, 0.5) is 0 Å². The van der Waals surface area contributed by atoms with Gasteiger partial charge in [-0.25, -0.2) is 0 Å². The molecule has 75 valence electrons. The Hall–Kier alpha value is -0.480. The van der Waals surface area contributed by atoms with Crippen LogP contribution in [0.1, 0.15) is 58.3 Å². The van der Waals surface area contributed by atoms with Gasteiger partial charge in [0.1, 0.15) is 0 Å². The molecule has 0 aliphatic carbocycles. The predicted octanol–water partition coefficient (Wildman–Crippen LogP) is 3.41. The highest BCUT2D eigenvalue weighted by atomic mass is 14.5. The molecule has 0 saturated heterocycles. The van der Waals surface area contributed by atoms with E-state index in [-0.39, 0.29) is 0 Å². The SMILES string of the molecule is CC#CCCCCCCCCC[NH]. The summed E-state index contributed by atoms with van der Waals surface area (Å²) in [5.41, 5.74) is 6.98. The number of rotatable bonds is 8. The number of unbranched alkanes of at least 4 members (excludes halogenated alkanes) is 7. The van der Waals surface area contributed by atoms with Gasteiger partial charge in [-0.15, -0.1) is 11.8 Å². The topological polar surface area (TPSA) is 23.8 Å². The molecule has 0 unspecified atom stereocenters. The Kier molecular flexibility index (Phi) is 11.1. The fourth-order valence-electron chi connectivity index (χ4n) is 1.35. The smallest absolute Gasteiger partial charge is 0.00997 e. The molecule has 0 saturated carbocycles. The molecule has 1 heteroatoms. The van der Waals surface area contributed by atoms with Gasteiger partial charge in [0, 0.05) is 13.0 Å². The predicted molar refractivity (Wildman–Crippen MR) is 58.3 cm³/mol. The first-order valence-electron chi connectivity index (χ1n) is 5.46. The molecule has 13 heavy (non-hydrogen) atoms. The van der Waals surface area contributed by atoms with Gasteiger partial charge in [0.05, 0.1) is 0 Å². The van der Waals surface area contributed by atoms with E-state index in [1.807, 2.05) is 6.92 Å². The summed E-state index contributed by atoms with van der Waals surface area (Å²) in [7, 11) is 0. The first-order valence-corrected chi connectivity index (χ1v) is 5.46. The van der Waals surface area contributed by atoms with Gasteiger partial charge >= 0.3 is 0 Å². The van der Waals surface area contributed by atoms with E-state index in [4.69, 9.17) is 5.73 Å². The average molecular weight is 180 g/mol. The van der Waals surface area contributed by atoms with E-state index in [2.05, 4.69) is 11.8 Å². The fraction of sp³-hybridized carbons (Fsp3) is 0.833. The van der Waals surface area contributed by atoms with Crippen molar-refractivity contribution in [1.29, 1.82) is 0 Å². The van der Waals surface area contributed by atoms with Crippen LogP contribution in [-0.4, -0.2) is 6.54 Å². The molecular formula is C12H22N. The summed E-state index contributed by atoms with van der Waals surface area (Å²) in [5.74, 6) is 6.00. The zero-order valence-corrected chi connectivity index (χ0v) is 8.86. The lowest BCUT2D eigenvalue weighted by Gasteiger charge is -1.98. The Labute approximate surface area is 83.1 Å². The highest BCUT2D eigenvalue weighted by Crippen LogP contribution is 2.07. The second-order valence-electron chi connectivity index (χ2n) is 3.40. The van der Waals surface area contributed by atoms with Gasteiger partial charge in [0.2, 0.25) is 0 Å². The molecule has 0 fully saturated rings. The Balaban J connectivity index is 2.86. The average Bonchev–Trinajstić information content (AvgIpc) is 2.16. The molecule has 0 aliphatic heterocycles. The van der Waals surface area contributed by atoms with Crippen molar-refractivity contribution in [2.45, 2.75) is 58.3 Å². The van der Waals surface area contributed by atoms with Crippen LogP contribution >= 0.6 is 0 Å². The lowest BCUT2D eigenvalue weighted by molar-refractivity contribution is 0.584. The van der Waals surface area contributed by atoms with E-state index < -0.39 is 0 Å². The third-order valence-electron chi connectivity index (χ3n) is 2.16. The van der Waals surface area contributed by atoms with Gasteiger partial charge in [-0.1, -0.05) is 32.1 Å². The van der Waals surface area contributed by atoms with Gasteiger partial charge in [0.25, 0.3) is 0 Å². The highest BCUT2D eigenvalue weighted by molar-refractivity contribution is 4.94. The fourth-order valence-corrected chi connectivity index (χ4v) is 1.35. The minimum atomic E-state index is 0.603. The van der Waals surface area contributed by atoms with E-state index in [0.717, 1.165) is 12.8 Å². The van der Waals surface area contributed by atoms with Crippen molar-refractivity contribution in [3.63, 3.8) is 0 Å². The van der Waals surface area contributed by atoms with E-state index in [0.29, 0.717) is 6.54 Å². The van der Waals surface area contributed by atoms with Crippen LogP contribution in [0.25, 0.3) is 0 Å².